The minimum atomic E-state index is -3.87. The van der Waals surface area contributed by atoms with Gasteiger partial charge in [0.25, 0.3) is 5.91 Å². The highest BCUT2D eigenvalue weighted by atomic mass is 32.2. The van der Waals surface area contributed by atoms with Gasteiger partial charge in [0.15, 0.2) is 11.6 Å². The van der Waals surface area contributed by atoms with E-state index >= 15 is 0 Å². The van der Waals surface area contributed by atoms with Gasteiger partial charge in [-0.2, -0.15) is 4.31 Å². The molecular formula is C23H28FN3O5S. The Labute approximate surface area is 193 Å². The number of nitrogens with one attached hydrogen (secondary N) is 1. The highest BCUT2D eigenvalue weighted by molar-refractivity contribution is 7.89. The van der Waals surface area contributed by atoms with Gasteiger partial charge in [0.1, 0.15) is 5.82 Å². The SMILES string of the molecule is O=C(Nc1ncccc1OCC1CCCCC1)c1cc(S(=O)(=O)N2CCOCC2)ccc1F. The molecule has 0 atom stereocenters. The average molecular weight is 478 g/mol. The highest BCUT2D eigenvalue weighted by Crippen LogP contribution is 2.28. The number of hydrogen-bond donors (Lipinski definition) is 1. The normalized spacial score (nSPS) is 18.1. The van der Waals surface area contributed by atoms with Crippen molar-refractivity contribution >= 4 is 21.7 Å². The molecule has 8 nitrogen and oxygen atoms in total. The zero-order valence-electron chi connectivity index (χ0n) is 18.3. The number of carbonyl (C=O) groups is 1. The molecule has 1 aromatic heterocycles. The van der Waals surface area contributed by atoms with E-state index in [0.29, 0.717) is 18.3 Å². The maximum atomic E-state index is 14.5. The van der Waals surface area contributed by atoms with Crippen LogP contribution in [0.2, 0.25) is 0 Å². The molecule has 1 aromatic carbocycles. The molecule has 1 saturated heterocycles. The molecular weight excluding hydrogens is 449 g/mol. The van der Waals surface area contributed by atoms with Crippen LogP contribution in [0.1, 0.15) is 42.5 Å². The summed E-state index contributed by atoms with van der Waals surface area (Å²) in [6, 6.07) is 6.60. The largest absolute Gasteiger partial charge is 0.489 e. The van der Waals surface area contributed by atoms with Gasteiger partial charge in [-0.1, -0.05) is 19.3 Å². The Hall–Kier alpha value is -2.56. The second-order valence-corrected chi connectivity index (χ2v) is 10.2. The third kappa shape index (κ3) is 5.69. The molecule has 1 N–H and O–H groups in total. The Bertz CT molecular complexity index is 1080. The number of amides is 1. The zero-order valence-corrected chi connectivity index (χ0v) is 19.2. The number of rotatable bonds is 7. The number of ether oxygens (including phenoxy) is 2. The smallest absolute Gasteiger partial charge is 0.259 e. The van der Waals surface area contributed by atoms with Crippen LogP contribution in [0.15, 0.2) is 41.4 Å². The van der Waals surface area contributed by atoms with Crippen molar-refractivity contribution in [1.82, 2.24) is 9.29 Å². The van der Waals surface area contributed by atoms with Crippen LogP contribution < -0.4 is 10.1 Å². The van der Waals surface area contributed by atoms with Crippen molar-refractivity contribution < 1.29 is 27.1 Å². The van der Waals surface area contributed by atoms with E-state index in [2.05, 4.69) is 10.3 Å². The predicted molar refractivity (Wildman–Crippen MR) is 120 cm³/mol. The monoisotopic (exact) mass is 477 g/mol. The van der Waals surface area contributed by atoms with Crippen LogP contribution in [-0.4, -0.2) is 56.5 Å². The highest BCUT2D eigenvalue weighted by Gasteiger charge is 2.28. The molecule has 0 unspecified atom stereocenters. The van der Waals surface area contributed by atoms with Crippen molar-refractivity contribution in [3.63, 3.8) is 0 Å². The lowest BCUT2D eigenvalue weighted by atomic mass is 9.90. The maximum Gasteiger partial charge on any atom is 0.259 e. The molecule has 10 heteroatoms. The Balaban J connectivity index is 1.50. The second kappa shape index (κ2) is 10.6. The minimum Gasteiger partial charge on any atom is -0.489 e. The summed E-state index contributed by atoms with van der Waals surface area (Å²) in [7, 11) is -3.87. The lowest BCUT2D eigenvalue weighted by molar-refractivity contribution is 0.0730. The fraction of sp³-hybridized carbons (Fsp3) is 0.478. The van der Waals surface area contributed by atoms with E-state index < -0.39 is 21.7 Å². The van der Waals surface area contributed by atoms with Crippen LogP contribution in [-0.2, 0) is 14.8 Å². The van der Waals surface area contributed by atoms with E-state index in [0.717, 1.165) is 31.0 Å². The van der Waals surface area contributed by atoms with Crippen LogP contribution >= 0.6 is 0 Å². The Morgan fingerprint density at radius 1 is 1.18 bits per heavy atom. The standard InChI is InChI=1S/C23H28FN3O5S/c24-20-9-8-18(33(29,30)27-11-13-31-14-12-27)15-19(20)23(28)26-22-21(7-4-10-25-22)32-16-17-5-2-1-3-6-17/h4,7-10,15,17H,1-3,5-6,11-14,16H2,(H,25,26,28). The number of morpholine rings is 1. The Morgan fingerprint density at radius 2 is 1.94 bits per heavy atom. The second-order valence-electron chi connectivity index (χ2n) is 8.28. The fourth-order valence-electron chi connectivity index (χ4n) is 4.11. The zero-order chi connectivity index (χ0) is 23.3. The predicted octanol–water partition coefficient (Wildman–Crippen LogP) is 3.45. The minimum absolute atomic E-state index is 0.147. The van der Waals surface area contributed by atoms with E-state index in [1.165, 1.54) is 29.8 Å². The first kappa shape index (κ1) is 23.6. The topological polar surface area (TPSA) is 97.8 Å². The Morgan fingerprint density at radius 3 is 2.70 bits per heavy atom. The summed E-state index contributed by atoms with van der Waals surface area (Å²) in [6.45, 7) is 1.51. The van der Waals surface area contributed by atoms with Crippen molar-refractivity contribution in [3.05, 3.63) is 47.9 Å². The molecule has 1 aliphatic carbocycles. The molecule has 0 radical (unpaired) electrons. The summed E-state index contributed by atoms with van der Waals surface area (Å²) < 4.78 is 52.7. The van der Waals surface area contributed by atoms with Crippen molar-refractivity contribution in [1.29, 1.82) is 0 Å². The molecule has 1 amide bonds. The number of hydrogen-bond acceptors (Lipinski definition) is 6. The van der Waals surface area contributed by atoms with Crippen LogP contribution in [0.3, 0.4) is 0 Å². The number of nitrogens with zero attached hydrogens (tertiary/aromatic N) is 2. The third-order valence-corrected chi connectivity index (χ3v) is 7.89. The van der Waals surface area contributed by atoms with Gasteiger partial charge in [0.2, 0.25) is 10.0 Å². The number of carbonyl (C=O) groups excluding carboxylic acids is 1. The molecule has 178 valence electrons. The summed E-state index contributed by atoms with van der Waals surface area (Å²) in [5.41, 5.74) is -0.381. The van der Waals surface area contributed by atoms with Crippen molar-refractivity contribution in [2.75, 3.05) is 38.2 Å². The first-order valence-corrected chi connectivity index (χ1v) is 12.7. The first-order valence-electron chi connectivity index (χ1n) is 11.2. The summed E-state index contributed by atoms with van der Waals surface area (Å²) in [4.78, 5) is 16.9. The summed E-state index contributed by atoms with van der Waals surface area (Å²) >= 11 is 0. The molecule has 1 aliphatic heterocycles. The van der Waals surface area contributed by atoms with E-state index in [4.69, 9.17) is 9.47 Å². The van der Waals surface area contributed by atoms with Crippen LogP contribution in [0.5, 0.6) is 5.75 Å². The van der Waals surface area contributed by atoms with Crippen molar-refractivity contribution in [2.24, 2.45) is 5.92 Å². The van der Waals surface area contributed by atoms with Gasteiger partial charge in [-0.05, 0) is 49.1 Å². The van der Waals surface area contributed by atoms with Crippen LogP contribution in [0.25, 0.3) is 0 Å². The average Bonchev–Trinajstić information content (AvgIpc) is 2.85. The molecule has 1 saturated carbocycles. The van der Waals surface area contributed by atoms with E-state index in [9.17, 15) is 17.6 Å². The van der Waals surface area contributed by atoms with E-state index in [-0.39, 0.29) is 42.6 Å². The molecule has 4 rings (SSSR count). The Kier molecular flexibility index (Phi) is 7.56. The molecule has 2 heterocycles. The molecule has 0 bridgehead atoms. The number of aromatic nitrogens is 1. The van der Waals surface area contributed by atoms with Crippen LogP contribution in [0.4, 0.5) is 10.2 Å². The van der Waals surface area contributed by atoms with Gasteiger partial charge in [-0.25, -0.2) is 17.8 Å². The molecule has 33 heavy (non-hydrogen) atoms. The van der Waals surface area contributed by atoms with Crippen LogP contribution in [0, 0.1) is 11.7 Å². The number of pyridine rings is 1. The molecule has 0 spiro atoms. The maximum absolute atomic E-state index is 14.5. The number of anilines is 1. The van der Waals surface area contributed by atoms with Gasteiger partial charge in [0.05, 0.1) is 30.3 Å². The molecule has 2 aliphatic rings. The van der Waals surface area contributed by atoms with Gasteiger partial charge < -0.3 is 14.8 Å². The van der Waals surface area contributed by atoms with Gasteiger partial charge in [-0.3, -0.25) is 4.79 Å². The molecule has 2 fully saturated rings. The van der Waals surface area contributed by atoms with Gasteiger partial charge >= 0.3 is 0 Å². The van der Waals surface area contributed by atoms with Crippen molar-refractivity contribution in [3.8, 4) is 5.75 Å². The lowest BCUT2D eigenvalue weighted by Crippen LogP contribution is -2.40. The van der Waals surface area contributed by atoms with Crippen molar-refractivity contribution in [2.45, 2.75) is 37.0 Å². The fourth-order valence-corrected chi connectivity index (χ4v) is 5.55. The number of halogens is 1. The number of benzene rings is 1. The lowest BCUT2D eigenvalue weighted by Gasteiger charge is -2.26. The first-order chi connectivity index (χ1) is 15.9. The van der Waals surface area contributed by atoms with E-state index in [1.54, 1.807) is 12.1 Å². The quantitative estimate of drug-likeness (QED) is 0.656. The number of sulfonamides is 1. The van der Waals surface area contributed by atoms with Gasteiger partial charge in [0, 0.05) is 19.3 Å². The summed E-state index contributed by atoms with van der Waals surface area (Å²) in [5, 5.41) is 2.57. The van der Waals surface area contributed by atoms with E-state index in [1.807, 2.05) is 0 Å². The third-order valence-electron chi connectivity index (χ3n) is 5.99. The van der Waals surface area contributed by atoms with Gasteiger partial charge in [-0.15, -0.1) is 0 Å². The summed E-state index contributed by atoms with van der Waals surface area (Å²) in [5.74, 6) is -0.600. The molecule has 2 aromatic rings. The summed E-state index contributed by atoms with van der Waals surface area (Å²) in [6.07, 6.45) is 7.34.